The summed E-state index contributed by atoms with van der Waals surface area (Å²) in [7, 11) is 0. The minimum atomic E-state index is 0.510. The van der Waals surface area contributed by atoms with Gasteiger partial charge in [-0.25, -0.2) is 0 Å². The molecule has 0 saturated carbocycles. The van der Waals surface area contributed by atoms with Crippen molar-refractivity contribution in [2.45, 2.75) is 13.8 Å². The highest BCUT2D eigenvalue weighted by Gasteiger charge is 2.18. The Bertz CT molecular complexity index is 1460. The highest BCUT2D eigenvalue weighted by atomic mass is 16.5. The zero-order valence-electron chi connectivity index (χ0n) is 20.3. The second-order valence-corrected chi connectivity index (χ2v) is 8.97. The molecule has 0 unspecified atom stereocenters. The lowest BCUT2D eigenvalue weighted by Crippen LogP contribution is -2.36. The number of fused-ring (bicyclic) bond motifs is 1. The van der Waals surface area contributed by atoms with Crippen LogP contribution in [0, 0.1) is 13.8 Å². The number of rotatable bonds is 6. The highest BCUT2D eigenvalue weighted by molar-refractivity contribution is 6.02. The summed E-state index contributed by atoms with van der Waals surface area (Å²) in [4.78, 5) is 15.4. The van der Waals surface area contributed by atoms with E-state index in [0.29, 0.717) is 5.95 Å². The van der Waals surface area contributed by atoms with E-state index in [2.05, 4.69) is 87.0 Å². The Labute approximate surface area is 208 Å². The van der Waals surface area contributed by atoms with Crippen LogP contribution in [-0.2, 0) is 4.74 Å². The first-order valence-corrected chi connectivity index (χ1v) is 12.1. The summed E-state index contributed by atoms with van der Waals surface area (Å²) in [6, 6.07) is 14.6. The van der Waals surface area contributed by atoms with Gasteiger partial charge >= 0.3 is 0 Å². The SMILES string of the molecule is Cc1cccc(C)c1Nc1nc(Nc2ccc(N3CCOCC3)cc2)nc2[nH]cc(-c3cn[nH]c3)c12. The third-order valence-corrected chi connectivity index (χ3v) is 6.57. The van der Waals surface area contributed by atoms with Crippen LogP contribution in [0.5, 0.6) is 0 Å². The number of aromatic nitrogens is 5. The molecule has 0 spiro atoms. The van der Waals surface area contributed by atoms with E-state index in [1.165, 1.54) is 5.69 Å². The van der Waals surface area contributed by atoms with Crippen LogP contribution in [0.2, 0.25) is 0 Å². The summed E-state index contributed by atoms with van der Waals surface area (Å²) in [5.74, 6) is 1.23. The third-order valence-electron chi connectivity index (χ3n) is 6.57. The minimum absolute atomic E-state index is 0.510. The number of anilines is 5. The number of nitrogens with one attached hydrogen (secondary N) is 4. The van der Waals surface area contributed by atoms with Gasteiger partial charge in [-0.15, -0.1) is 0 Å². The molecule has 1 saturated heterocycles. The van der Waals surface area contributed by atoms with E-state index < -0.39 is 0 Å². The van der Waals surface area contributed by atoms with E-state index in [9.17, 15) is 0 Å². The molecule has 0 atom stereocenters. The molecule has 4 heterocycles. The Morgan fingerprint density at radius 2 is 1.69 bits per heavy atom. The van der Waals surface area contributed by atoms with Gasteiger partial charge in [0.25, 0.3) is 0 Å². The fraction of sp³-hybridized carbons (Fsp3) is 0.222. The number of hydrogen-bond acceptors (Lipinski definition) is 7. The van der Waals surface area contributed by atoms with Crippen LogP contribution in [0.25, 0.3) is 22.2 Å². The average molecular weight is 481 g/mol. The molecule has 1 aliphatic heterocycles. The summed E-state index contributed by atoms with van der Waals surface area (Å²) in [5, 5.41) is 14.9. The smallest absolute Gasteiger partial charge is 0.231 e. The normalized spacial score (nSPS) is 13.8. The van der Waals surface area contributed by atoms with Crippen molar-refractivity contribution in [3.8, 4) is 11.1 Å². The lowest BCUT2D eigenvalue weighted by atomic mass is 10.1. The van der Waals surface area contributed by atoms with Gasteiger partial charge in [-0.1, -0.05) is 18.2 Å². The van der Waals surface area contributed by atoms with Crippen molar-refractivity contribution < 1.29 is 4.74 Å². The number of benzene rings is 2. The Kier molecular flexibility index (Phi) is 5.74. The summed E-state index contributed by atoms with van der Waals surface area (Å²) in [6.07, 6.45) is 5.61. The highest BCUT2D eigenvalue weighted by Crippen LogP contribution is 2.36. The minimum Gasteiger partial charge on any atom is -0.378 e. The Morgan fingerprint density at radius 3 is 2.42 bits per heavy atom. The first kappa shape index (κ1) is 22.1. The summed E-state index contributed by atoms with van der Waals surface area (Å²) in [5.41, 5.74) is 8.13. The molecule has 182 valence electrons. The van der Waals surface area contributed by atoms with Gasteiger partial charge in [0.05, 0.1) is 24.8 Å². The van der Waals surface area contributed by atoms with Gasteiger partial charge in [-0.2, -0.15) is 15.1 Å². The van der Waals surface area contributed by atoms with Crippen LogP contribution in [-0.4, -0.2) is 51.5 Å². The van der Waals surface area contributed by atoms with E-state index in [-0.39, 0.29) is 0 Å². The number of H-pyrrole nitrogens is 2. The monoisotopic (exact) mass is 480 g/mol. The standard InChI is InChI=1S/C27H28N8O/c1-17-4-3-5-18(2)24(17)32-26-23-22(19-14-29-30-15-19)16-28-25(23)33-27(34-26)31-20-6-8-21(9-7-20)35-10-12-36-13-11-35/h3-9,14-16H,10-13H2,1-2H3,(H,29,30)(H3,28,31,32,33,34). The Hall–Kier alpha value is -4.37. The van der Waals surface area contributed by atoms with Crippen molar-refractivity contribution in [3.63, 3.8) is 0 Å². The number of ether oxygens (including phenoxy) is 1. The molecule has 3 aromatic heterocycles. The molecule has 9 nitrogen and oxygen atoms in total. The fourth-order valence-electron chi connectivity index (χ4n) is 4.64. The van der Waals surface area contributed by atoms with Crippen molar-refractivity contribution in [1.82, 2.24) is 25.1 Å². The summed E-state index contributed by atoms with van der Waals surface area (Å²) >= 11 is 0. The zero-order valence-corrected chi connectivity index (χ0v) is 20.3. The molecule has 2 aromatic carbocycles. The topological polar surface area (TPSA) is 107 Å². The molecule has 0 aliphatic carbocycles. The molecule has 0 radical (unpaired) electrons. The van der Waals surface area contributed by atoms with E-state index in [4.69, 9.17) is 14.7 Å². The maximum Gasteiger partial charge on any atom is 0.231 e. The Morgan fingerprint density at radius 1 is 0.917 bits per heavy atom. The third kappa shape index (κ3) is 4.25. The van der Waals surface area contributed by atoms with Gasteiger partial charge in [-0.3, -0.25) is 5.10 Å². The van der Waals surface area contributed by atoms with E-state index in [0.717, 1.165) is 76.8 Å². The van der Waals surface area contributed by atoms with Crippen molar-refractivity contribution in [2.75, 3.05) is 41.8 Å². The molecular weight excluding hydrogens is 452 g/mol. The van der Waals surface area contributed by atoms with Crippen LogP contribution in [0.1, 0.15) is 11.1 Å². The number of nitrogens with zero attached hydrogens (tertiary/aromatic N) is 4. The first-order valence-electron chi connectivity index (χ1n) is 12.1. The van der Waals surface area contributed by atoms with Crippen molar-refractivity contribution >= 4 is 39.9 Å². The molecule has 0 bridgehead atoms. The van der Waals surface area contributed by atoms with Gasteiger partial charge in [0.2, 0.25) is 5.95 Å². The van der Waals surface area contributed by atoms with Gasteiger partial charge in [0, 0.05) is 53.7 Å². The van der Waals surface area contributed by atoms with Crippen molar-refractivity contribution in [1.29, 1.82) is 0 Å². The second kappa shape index (κ2) is 9.35. The molecule has 5 aromatic rings. The van der Waals surface area contributed by atoms with Crippen LogP contribution in [0.15, 0.2) is 61.1 Å². The number of aryl methyl sites for hydroxylation is 2. The number of aromatic amines is 2. The van der Waals surface area contributed by atoms with Crippen LogP contribution in [0.3, 0.4) is 0 Å². The first-order chi connectivity index (χ1) is 17.7. The van der Waals surface area contributed by atoms with Crippen LogP contribution < -0.4 is 15.5 Å². The number of hydrogen-bond donors (Lipinski definition) is 4. The van der Waals surface area contributed by atoms with E-state index >= 15 is 0 Å². The molecular formula is C27H28N8O. The molecule has 0 amide bonds. The van der Waals surface area contributed by atoms with Gasteiger partial charge in [0.15, 0.2) is 0 Å². The largest absolute Gasteiger partial charge is 0.378 e. The predicted octanol–water partition coefficient (Wildman–Crippen LogP) is 5.29. The molecule has 1 fully saturated rings. The predicted molar refractivity (Wildman–Crippen MR) is 143 cm³/mol. The van der Waals surface area contributed by atoms with Gasteiger partial charge in [0.1, 0.15) is 11.5 Å². The maximum absolute atomic E-state index is 5.47. The quantitative estimate of drug-likeness (QED) is 0.262. The lowest BCUT2D eigenvalue weighted by molar-refractivity contribution is 0.122. The maximum atomic E-state index is 5.47. The molecule has 1 aliphatic rings. The lowest BCUT2D eigenvalue weighted by Gasteiger charge is -2.28. The molecule has 6 rings (SSSR count). The van der Waals surface area contributed by atoms with Crippen molar-refractivity contribution in [2.24, 2.45) is 0 Å². The fourth-order valence-corrected chi connectivity index (χ4v) is 4.64. The summed E-state index contributed by atoms with van der Waals surface area (Å²) < 4.78 is 5.47. The van der Waals surface area contributed by atoms with E-state index in [1.807, 2.05) is 12.4 Å². The average Bonchev–Trinajstić information content (AvgIpc) is 3.57. The Balaban J connectivity index is 1.37. The molecule has 36 heavy (non-hydrogen) atoms. The van der Waals surface area contributed by atoms with Crippen LogP contribution in [0.4, 0.5) is 28.8 Å². The molecule has 4 N–H and O–H groups in total. The second-order valence-electron chi connectivity index (χ2n) is 8.97. The van der Waals surface area contributed by atoms with Crippen LogP contribution >= 0.6 is 0 Å². The zero-order chi connectivity index (χ0) is 24.5. The molecule has 9 heteroatoms. The van der Waals surface area contributed by atoms with Gasteiger partial charge < -0.3 is 25.3 Å². The number of morpholine rings is 1. The summed E-state index contributed by atoms with van der Waals surface area (Å²) in [6.45, 7) is 7.54. The van der Waals surface area contributed by atoms with Gasteiger partial charge in [-0.05, 0) is 49.2 Å². The van der Waals surface area contributed by atoms with E-state index in [1.54, 1.807) is 6.20 Å². The van der Waals surface area contributed by atoms with Crippen molar-refractivity contribution in [3.05, 3.63) is 72.2 Å². The number of para-hydroxylation sites is 1.